The summed E-state index contributed by atoms with van der Waals surface area (Å²) in [6, 6.07) is 0. The van der Waals surface area contributed by atoms with Gasteiger partial charge in [0.1, 0.15) is 6.54 Å². The Morgan fingerprint density at radius 2 is 2.50 bits per heavy atom. The van der Waals surface area contributed by atoms with Gasteiger partial charge in [0.25, 0.3) is 0 Å². The molecule has 2 rings (SSSR count). The van der Waals surface area contributed by atoms with Crippen LogP contribution in [0.25, 0.3) is 0 Å². The molecule has 1 aliphatic heterocycles. The normalized spacial score (nSPS) is 21.1. The summed E-state index contributed by atoms with van der Waals surface area (Å²) in [5, 5.41) is 4.13. The van der Waals surface area contributed by atoms with Crippen LogP contribution in [0.5, 0.6) is 0 Å². The first kappa shape index (κ1) is 11.9. The largest absolute Gasteiger partial charge is 0.341 e. The van der Waals surface area contributed by atoms with Crippen LogP contribution in [-0.2, 0) is 11.3 Å². The van der Waals surface area contributed by atoms with Gasteiger partial charge in [0.05, 0.1) is 9.77 Å². The van der Waals surface area contributed by atoms with Crippen molar-refractivity contribution in [1.29, 1.82) is 0 Å². The van der Waals surface area contributed by atoms with E-state index >= 15 is 0 Å². The van der Waals surface area contributed by atoms with Gasteiger partial charge in [-0.15, -0.1) is 0 Å². The molecule has 0 spiro atoms. The molecule has 1 atom stereocenters. The van der Waals surface area contributed by atoms with Crippen molar-refractivity contribution in [3.63, 3.8) is 0 Å². The van der Waals surface area contributed by atoms with Gasteiger partial charge in [0, 0.05) is 19.3 Å². The molecule has 0 unspecified atom stereocenters. The SMILES string of the molecule is C[C@@H]1CCCN(C(=O)Cn2cc(I)cn2)C1. The van der Waals surface area contributed by atoms with E-state index in [1.54, 1.807) is 10.9 Å². The van der Waals surface area contributed by atoms with Gasteiger partial charge in [0.15, 0.2) is 0 Å². The van der Waals surface area contributed by atoms with Crippen molar-refractivity contribution in [3.8, 4) is 0 Å². The highest BCUT2D eigenvalue weighted by molar-refractivity contribution is 14.1. The standard InChI is InChI=1S/C11H16IN3O/c1-9-3-2-4-14(6-9)11(16)8-15-7-10(12)5-13-15/h5,7,9H,2-4,6,8H2,1H3/t9-/m1/s1. The number of aromatic nitrogens is 2. The second-order valence-electron chi connectivity index (χ2n) is 4.44. The summed E-state index contributed by atoms with van der Waals surface area (Å²) in [6.45, 7) is 4.38. The topological polar surface area (TPSA) is 38.1 Å². The number of piperidine rings is 1. The number of hydrogen-bond acceptors (Lipinski definition) is 2. The van der Waals surface area contributed by atoms with E-state index in [1.807, 2.05) is 11.1 Å². The van der Waals surface area contributed by atoms with Crippen LogP contribution in [0.3, 0.4) is 0 Å². The van der Waals surface area contributed by atoms with Gasteiger partial charge < -0.3 is 4.90 Å². The summed E-state index contributed by atoms with van der Waals surface area (Å²) >= 11 is 2.20. The fourth-order valence-corrected chi connectivity index (χ4v) is 2.53. The van der Waals surface area contributed by atoms with Crippen LogP contribution in [0.1, 0.15) is 19.8 Å². The minimum atomic E-state index is 0.186. The minimum Gasteiger partial charge on any atom is -0.341 e. The van der Waals surface area contributed by atoms with Crippen LogP contribution < -0.4 is 0 Å². The summed E-state index contributed by atoms with van der Waals surface area (Å²) < 4.78 is 2.78. The lowest BCUT2D eigenvalue weighted by Crippen LogP contribution is -2.40. The molecule has 5 heteroatoms. The lowest BCUT2D eigenvalue weighted by molar-refractivity contribution is -0.133. The number of halogens is 1. The Balaban J connectivity index is 1.92. The number of amides is 1. The second-order valence-corrected chi connectivity index (χ2v) is 5.69. The lowest BCUT2D eigenvalue weighted by atomic mass is 10.0. The first-order valence-electron chi connectivity index (χ1n) is 5.61. The molecule has 0 aromatic carbocycles. The van der Waals surface area contributed by atoms with Crippen molar-refractivity contribution < 1.29 is 4.79 Å². The molecule has 4 nitrogen and oxygen atoms in total. The molecule has 1 fully saturated rings. The van der Waals surface area contributed by atoms with E-state index in [4.69, 9.17) is 0 Å². The maximum atomic E-state index is 12.0. The van der Waals surface area contributed by atoms with E-state index in [0.717, 1.165) is 23.1 Å². The zero-order chi connectivity index (χ0) is 11.5. The maximum Gasteiger partial charge on any atom is 0.244 e. The van der Waals surface area contributed by atoms with Crippen LogP contribution in [0, 0.1) is 9.49 Å². The molecule has 0 saturated carbocycles. The van der Waals surface area contributed by atoms with Crippen molar-refractivity contribution in [3.05, 3.63) is 16.0 Å². The van der Waals surface area contributed by atoms with Gasteiger partial charge in [-0.05, 0) is 41.4 Å². The average Bonchev–Trinajstić information content (AvgIpc) is 2.64. The van der Waals surface area contributed by atoms with Crippen LogP contribution in [0.4, 0.5) is 0 Å². The van der Waals surface area contributed by atoms with Crippen molar-refractivity contribution in [1.82, 2.24) is 14.7 Å². The van der Waals surface area contributed by atoms with Crippen LogP contribution >= 0.6 is 22.6 Å². The zero-order valence-corrected chi connectivity index (χ0v) is 11.6. The second kappa shape index (κ2) is 5.16. The van der Waals surface area contributed by atoms with E-state index in [9.17, 15) is 4.79 Å². The van der Waals surface area contributed by atoms with E-state index in [0.29, 0.717) is 12.5 Å². The monoisotopic (exact) mass is 333 g/mol. The van der Waals surface area contributed by atoms with Crippen LogP contribution in [-0.4, -0.2) is 33.7 Å². The highest BCUT2D eigenvalue weighted by Crippen LogP contribution is 2.15. The Morgan fingerprint density at radius 3 is 3.12 bits per heavy atom. The summed E-state index contributed by atoms with van der Waals surface area (Å²) in [5.74, 6) is 0.821. The molecule has 1 saturated heterocycles. The van der Waals surface area contributed by atoms with Crippen LogP contribution in [0.15, 0.2) is 12.4 Å². The summed E-state index contributed by atoms with van der Waals surface area (Å²) in [5.41, 5.74) is 0. The number of carbonyl (C=O) groups is 1. The Bertz CT molecular complexity index is 377. The fraction of sp³-hybridized carbons (Fsp3) is 0.636. The van der Waals surface area contributed by atoms with Gasteiger partial charge in [-0.1, -0.05) is 6.92 Å². The highest BCUT2D eigenvalue weighted by atomic mass is 127. The summed E-state index contributed by atoms with van der Waals surface area (Å²) in [6.07, 6.45) is 6.03. The maximum absolute atomic E-state index is 12.0. The Labute approximate surface area is 109 Å². The van der Waals surface area contributed by atoms with Gasteiger partial charge >= 0.3 is 0 Å². The van der Waals surface area contributed by atoms with Gasteiger partial charge in [0.2, 0.25) is 5.91 Å². The zero-order valence-electron chi connectivity index (χ0n) is 9.40. The number of nitrogens with zero attached hydrogens (tertiary/aromatic N) is 3. The third kappa shape index (κ3) is 2.96. The molecule has 88 valence electrons. The summed E-state index contributed by atoms with van der Waals surface area (Å²) in [4.78, 5) is 13.9. The average molecular weight is 333 g/mol. The predicted molar refractivity (Wildman–Crippen MR) is 69.9 cm³/mol. The predicted octanol–water partition coefficient (Wildman–Crippen LogP) is 1.75. The smallest absolute Gasteiger partial charge is 0.244 e. The van der Waals surface area contributed by atoms with Crippen molar-refractivity contribution >= 4 is 28.5 Å². The molecule has 2 heterocycles. The van der Waals surface area contributed by atoms with Crippen molar-refractivity contribution in [2.45, 2.75) is 26.3 Å². The summed E-state index contributed by atoms with van der Waals surface area (Å²) in [7, 11) is 0. The molecule has 1 aromatic heterocycles. The third-order valence-electron chi connectivity index (χ3n) is 2.91. The first-order valence-corrected chi connectivity index (χ1v) is 6.69. The molecule has 1 amide bonds. The Hall–Kier alpha value is -0.590. The highest BCUT2D eigenvalue weighted by Gasteiger charge is 2.20. The third-order valence-corrected chi connectivity index (χ3v) is 3.47. The molecular weight excluding hydrogens is 317 g/mol. The van der Waals surface area contributed by atoms with Gasteiger partial charge in [-0.3, -0.25) is 9.48 Å². The molecule has 0 radical (unpaired) electrons. The first-order chi connectivity index (χ1) is 7.65. The van der Waals surface area contributed by atoms with E-state index in [1.165, 1.54) is 6.42 Å². The fourth-order valence-electron chi connectivity index (χ4n) is 2.08. The van der Waals surface area contributed by atoms with Gasteiger partial charge in [-0.2, -0.15) is 5.10 Å². The molecular formula is C11H16IN3O. The minimum absolute atomic E-state index is 0.186. The molecule has 1 aromatic rings. The lowest BCUT2D eigenvalue weighted by Gasteiger charge is -2.30. The van der Waals surface area contributed by atoms with Crippen molar-refractivity contribution in [2.24, 2.45) is 5.92 Å². The number of rotatable bonds is 2. The Morgan fingerprint density at radius 1 is 1.69 bits per heavy atom. The van der Waals surface area contributed by atoms with E-state index < -0.39 is 0 Å². The van der Waals surface area contributed by atoms with Crippen LogP contribution in [0.2, 0.25) is 0 Å². The van der Waals surface area contributed by atoms with Crippen molar-refractivity contribution in [2.75, 3.05) is 13.1 Å². The number of likely N-dealkylation sites (tertiary alicyclic amines) is 1. The quantitative estimate of drug-likeness (QED) is 0.774. The van der Waals surface area contributed by atoms with E-state index in [-0.39, 0.29) is 5.91 Å². The molecule has 0 aliphatic carbocycles. The number of carbonyl (C=O) groups excluding carboxylic acids is 1. The van der Waals surface area contributed by atoms with Gasteiger partial charge in [-0.25, -0.2) is 0 Å². The molecule has 0 bridgehead atoms. The molecule has 1 aliphatic rings. The van der Waals surface area contributed by atoms with E-state index in [2.05, 4.69) is 34.6 Å². The Kier molecular flexibility index (Phi) is 3.83. The number of hydrogen-bond donors (Lipinski definition) is 0. The molecule has 0 N–H and O–H groups in total. The molecule has 16 heavy (non-hydrogen) atoms.